The molecule has 0 aliphatic carbocycles. The van der Waals surface area contributed by atoms with Crippen molar-refractivity contribution in [3.63, 3.8) is 0 Å². The molecule has 5 nitrogen and oxygen atoms in total. The number of carbonyl (C=O) groups is 1. The van der Waals surface area contributed by atoms with Crippen LogP contribution < -0.4 is 5.32 Å². The van der Waals surface area contributed by atoms with E-state index in [2.05, 4.69) is 57.6 Å². The van der Waals surface area contributed by atoms with Crippen molar-refractivity contribution in [2.24, 2.45) is 0 Å². The molecule has 27 heavy (non-hydrogen) atoms. The number of benzene rings is 2. The quantitative estimate of drug-likeness (QED) is 0.732. The summed E-state index contributed by atoms with van der Waals surface area (Å²) in [4.78, 5) is 16.8. The lowest BCUT2D eigenvalue weighted by Gasteiger charge is -2.34. The Morgan fingerprint density at radius 1 is 0.926 bits per heavy atom. The van der Waals surface area contributed by atoms with Gasteiger partial charge in [-0.2, -0.15) is 0 Å². The third kappa shape index (κ3) is 4.56. The molecule has 0 bridgehead atoms. The topological polar surface area (TPSA) is 48.7 Å². The van der Waals surface area contributed by atoms with Gasteiger partial charge in [-0.25, -0.2) is 0 Å². The second-order valence-corrected chi connectivity index (χ2v) is 7.05. The molecular formula is C22H25N3O2. The van der Waals surface area contributed by atoms with Gasteiger partial charge in [0.2, 0.25) is 5.91 Å². The fraction of sp³-hybridized carbons (Fsp3) is 0.318. The van der Waals surface area contributed by atoms with Gasteiger partial charge in [0.15, 0.2) is 0 Å². The predicted molar refractivity (Wildman–Crippen MR) is 106 cm³/mol. The van der Waals surface area contributed by atoms with Crippen LogP contribution in [0.1, 0.15) is 11.3 Å². The Hall–Kier alpha value is -2.63. The Bertz CT molecular complexity index is 878. The molecule has 0 unspecified atom stereocenters. The first kappa shape index (κ1) is 17.8. The Morgan fingerprint density at radius 2 is 1.70 bits per heavy atom. The molecule has 1 aromatic heterocycles. The summed E-state index contributed by atoms with van der Waals surface area (Å²) < 4.78 is 5.24. The van der Waals surface area contributed by atoms with Gasteiger partial charge in [-0.3, -0.25) is 14.6 Å². The van der Waals surface area contributed by atoms with Crippen molar-refractivity contribution >= 4 is 16.7 Å². The standard InChI is InChI=1S/C22H25N3O2/c26-22(23-15-20-8-4-14-27-20)17-25-12-10-24(11-13-25)16-19-7-3-6-18-5-1-2-9-21(18)19/h1-9,14H,10-13,15-17H2,(H,23,26). The average molecular weight is 363 g/mol. The lowest BCUT2D eigenvalue weighted by atomic mass is 10.0. The van der Waals surface area contributed by atoms with E-state index in [9.17, 15) is 4.79 Å². The smallest absolute Gasteiger partial charge is 0.234 e. The maximum atomic E-state index is 12.1. The van der Waals surface area contributed by atoms with E-state index in [1.54, 1.807) is 6.26 Å². The highest BCUT2D eigenvalue weighted by Crippen LogP contribution is 2.20. The second-order valence-electron chi connectivity index (χ2n) is 7.05. The van der Waals surface area contributed by atoms with Crippen LogP contribution >= 0.6 is 0 Å². The van der Waals surface area contributed by atoms with E-state index in [0.29, 0.717) is 13.1 Å². The molecule has 0 radical (unpaired) electrons. The number of rotatable bonds is 6. The minimum absolute atomic E-state index is 0.0499. The molecule has 2 heterocycles. The van der Waals surface area contributed by atoms with E-state index in [0.717, 1.165) is 38.5 Å². The molecule has 3 aromatic rings. The maximum Gasteiger partial charge on any atom is 0.234 e. The molecule has 140 valence electrons. The highest BCUT2D eigenvalue weighted by atomic mass is 16.3. The van der Waals surface area contributed by atoms with Gasteiger partial charge >= 0.3 is 0 Å². The van der Waals surface area contributed by atoms with Crippen LogP contribution in [0, 0.1) is 0 Å². The van der Waals surface area contributed by atoms with Crippen LogP contribution in [0.15, 0.2) is 65.3 Å². The summed E-state index contributed by atoms with van der Waals surface area (Å²) in [6.45, 7) is 5.65. The lowest BCUT2D eigenvalue weighted by molar-refractivity contribution is -0.122. The zero-order valence-corrected chi connectivity index (χ0v) is 15.4. The molecule has 1 aliphatic rings. The summed E-state index contributed by atoms with van der Waals surface area (Å²) in [6, 6.07) is 18.8. The molecule has 1 N–H and O–H groups in total. The van der Waals surface area contributed by atoms with Crippen LogP contribution in [-0.2, 0) is 17.9 Å². The number of carbonyl (C=O) groups excluding carboxylic acids is 1. The number of hydrogen-bond donors (Lipinski definition) is 1. The Morgan fingerprint density at radius 3 is 2.52 bits per heavy atom. The molecule has 0 spiro atoms. The van der Waals surface area contributed by atoms with Crippen molar-refractivity contribution in [3.8, 4) is 0 Å². The molecule has 1 amide bonds. The lowest BCUT2D eigenvalue weighted by Crippen LogP contribution is -2.49. The van der Waals surface area contributed by atoms with Gasteiger partial charge < -0.3 is 9.73 Å². The monoisotopic (exact) mass is 363 g/mol. The van der Waals surface area contributed by atoms with Crippen molar-refractivity contribution < 1.29 is 9.21 Å². The fourth-order valence-electron chi connectivity index (χ4n) is 3.63. The fourth-order valence-corrected chi connectivity index (χ4v) is 3.63. The first-order valence-corrected chi connectivity index (χ1v) is 9.48. The first-order chi connectivity index (χ1) is 13.3. The Labute approximate surface area is 159 Å². The zero-order valence-electron chi connectivity index (χ0n) is 15.4. The van der Waals surface area contributed by atoms with E-state index >= 15 is 0 Å². The number of nitrogens with one attached hydrogen (secondary N) is 1. The number of hydrogen-bond acceptors (Lipinski definition) is 4. The summed E-state index contributed by atoms with van der Waals surface area (Å²) in [6.07, 6.45) is 1.62. The Kier molecular flexibility index (Phi) is 5.51. The molecule has 1 saturated heterocycles. The van der Waals surface area contributed by atoms with Crippen LogP contribution in [0.5, 0.6) is 0 Å². The summed E-state index contributed by atoms with van der Waals surface area (Å²) in [7, 11) is 0. The number of piperazine rings is 1. The SMILES string of the molecule is O=C(CN1CCN(Cc2cccc3ccccc23)CC1)NCc1ccco1. The van der Waals surface area contributed by atoms with Crippen molar-refractivity contribution in [3.05, 3.63) is 72.2 Å². The highest BCUT2D eigenvalue weighted by molar-refractivity contribution is 5.85. The van der Waals surface area contributed by atoms with Gasteiger partial charge in [-0.15, -0.1) is 0 Å². The van der Waals surface area contributed by atoms with Crippen molar-refractivity contribution in [2.45, 2.75) is 13.1 Å². The molecule has 0 atom stereocenters. The van der Waals surface area contributed by atoms with Gasteiger partial charge in [0.1, 0.15) is 5.76 Å². The maximum absolute atomic E-state index is 12.1. The average Bonchev–Trinajstić information content (AvgIpc) is 3.22. The van der Waals surface area contributed by atoms with Crippen LogP contribution in [0.3, 0.4) is 0 Å². The van der Waals surface area contributed by atoms with Crippen molar-refractivity contribution in [1.82, 2.24) is 15.1 Å². The van der Waals surface area contributed by atoms with E-state index in [4.69, 9.17) is 4.42 Å². The molecule has 1 aliphatic heterocycles. The van der Waals surface area contributed by atoms with Crippen LogP contribution in [0.4, 0.5) is 0 Å². The van der Waals surface area contributed by atoms with Crippen LogP contribution in [0.2, 0.25) is 0 Å². The largest absolute Gasteiger partial charge is 0.467 e. The van der Waals surface area contributed by atoms with Crippen molar-refractivity contribution in [1.29, 1.82) is 0 Å². The Balaban J connectivity index is 1.25. The number of amides is 1. The normalized spacial score (nSPS) is 15.9. The molecule has 5 heteroatoms. The van der Waals surface area contributed by atoms with Gasteiger partial charge in [0.25, 0.3) is 0 Å². The zero-order chi connectivity index (χ0) is 18.5. The van der Waals surface area contributed by atoms with Gasteiger partial charge in [-0.1, -0.05) is 42.5 Å². The van der Waals surface area contributed by atoms with E-state index in [1.165, 1.54) is 16.3 Å². The molecular weight excluding hydrogens is 338 g/mol. The minimum Gasteiger partial charge on any atom is -0.467 e. The summed E-state index contributed by atoms with van der Waals surface area (Å²) in [5.74, 6) is 0.831. The number of furan rings is 1. The van der Waals surface area contributed by atoms with E-state index < -0.39 is 0 Å². The minimum atomic E-state index is 0.0499. The predicted octanol–water partition coefficient (Wildman–Crippen LogP) is 2.87. The van der Waals surface area contributed by atoms with Gasteiger partial charge in [-0.05, 0) is 28.5 Å². The van der Waals surface area contributed by atoms with Crippen LogP contribution in [0.25, 0.3) is 10.8 Å². The number of fused-ring (bicyclic) bond motifs is 1. The first-order valence-electron chi connectivity index (χ1n) is 9.48. The van der Waals surface area contributed by atoms with Crippen molar-refractivity contribution in [2.75, 3.05) is 32.7 Å². The molecule has 4 rings (SSSR count). The third-order valence-corrected chi connectivity index (χ3v) is 5.15. The van der Waals surface area contributed by atoms with Gasteiger partial charge in [0.05, 0.1) is 19.4 Å². The third-order valence-electron chi connectivity index (χ3n) is 5.15. The van der Waals surface area contributed by atoms with E-state index in [-0.39, 0.29) is 5.91 Å². The summed E-state index contributed by atoms with van der Waals surface area (Å²) >= 11 is 0. The highest BCUT2D eigenvalue weighted by Gasteiger charge is 2.19. The second kappa shape index (κ2) is 8.37. The number of nitrogens with zero attached hydrogens (tertiary/aromatic N) is 2. The van der Waals surface area contributed by atoms with Gasteiger partial charge in [0, 0.05) is 32.7 Å². The van der Waals surface area contributed by atoms with Crippen LogP contribution in [-0.4, -0.2) is 48.4 Å². The molecule has 0 saturated carbocycles. The summed E-state index contributed by atoms with van der Waals surface area (Å²) in [5, 5.41) is 5.54. The van der Waals surface area contributed by atoms with E-state index in [1.807, 2.05) is 12.1 Å². The molecule has 2 aromatic carbocycles. The molecule has 1 fully saturated rings. The summed E-state index contributed by atoms with van der Waals surface area (Å²) in [5.41, 5.74) is 1.37.